The summed E-state index contributed by atoms with van der Waals surface area (Å²) in [6.07, 6.45) is 2.97. The summed E-state index contributed by atoms with van der Waals surface area (Å²) in [5, 5.41) is 12.9. The van der Waals surface area contributed by atoms with Gasteiger partial charge in [-0.15, -0.1) is 0 Å². The smallest absolute Gasteiger partial charge is 0.186 e. The second-order valence-electron chi connectivity index (χ2n) is 8.85. The number of nitrogens with one attached hydrogen (secondary N) is 1. The zero-order chi connectivity index (χ0) is 21.6. The number of fused-ring (bicyclic) bond motifs is 5. The number of benzene rings is 3. The summed E-state index contributed by atoms with van der Waals surface area (Å²) >= 11 is 0. The molecule has 4 nitrogen and oxygen atoms in total. The van der Waals surface area contributed by atoms with Gasteiger partial charge in [-0.2, -0.15) is 0 Å². The predicted octanol–water partition coefficient (Wildman–Crippen LogP) is 5.97. The summed E-state index contributed by atoms with van der Waals surface area (Å²) in [4.78, 5) is 0. The summed E-state index contributed by atoms with van der Waals surface area (Å²) in [6, 6.07) is 20.6. The number of allylic oxidation sites excluding steroid dienone is 1. The minimum Gasteiger partial charge on any atom is -0.485 e. The summed E-state index contributed by atoms with van der Waals surface area (Å²) < 4.78 is 11.9. The van der Waals surface area contributed by atoms with Crippen LogP contribution < -0.4 is 14.8 Å². The van der Waals surface area contributed by atoms with Crippen LogP contribution in [-0.2, 0) is 6.42 Å². The Morgan fingerprint density at radius 1 is 1.03 bits per heavy atom. The lowest BCUT2D eigenvalue weighted by Crippen LogP contribution is -2.32. The molecule has 0 aliphatic carbocycles. The summed E-state index contributed by atoms with van der Waals surface area (Å²) in [5.41, 5.74) is 8.09. The van der Waals surface area contributed by atoms with Crippen molar-refractivity contribution in [3.8, 4) is 22.6 Å². The Morgan fingerprint density at radius 3 is 2.61 bits per heavy atom. The average Bonchev–Trinajstić information content (AvgIpc) is 2.73. The van der Waals surface area contributed by atoms with Gasteiger partial charge in [0.2, 0.25) is 0 Å². The molecule has 3 aromatic carbocycles. The number of ether oxygens (including phenoxy) is 2. The first kappa shape index (κ1) is 19.7. The number of hydrogen-bond acceptors (Lipinski definition) is 4. The molecule has 0 amide bonds. The second kappa shape index (κ2) is 7.47. The van der Waals surface area contributed by atoms with Crippen molar-refractivity contribution in [2.45, 2.75) is 38.8 Å². The molecule has 0 fully saturated rings. The Bertz CT molecular complexity index is 1160. The molecular weight excluding hydrogens is 386 g/mol. The normalized spacial score (nSPS) is 17.9. The highest BCUT2D eigenvalue weighted by Crippen LogP contribution is 2.50. The van der Waals surface area contributed by atoms with Gasteiger partial charge in [0.15, 0.2) is 6.79 Å². The highest BCUT2D eigenvalue weighted by Gasteiger charge is 2.33. The molecule has 1 atom stereocenters. The zero-order valence-corrected chi connectivity index (χ0v) is 18.1. The fourth-order valence-corrected chi connectivity index (χ4v) is 4.89. The van der Waals surface area contributed by atoms with E-state index in [1.165, 1.54) is 22.3 Å². The maximum Gasteiger partial charge on any atom is 0.186 e. The number of anilines is 1. The van der Waals surface area contributed by atoms with E-state index in [4.69, 9.17) is 9.47 Å². The first-order chi connectivity index (χ1) is 14.9. The molecule has 3 aromatic rings. The molecule has 2 aliphatic heterocycles. The maximum atomic E-state index is 9.20. The van der Waals surface area contributed by atoms with E-state index >= 15 is 0 Å². The van der Waals surface area contributed by atoms with Gasteiger partial charge in [-0.05, 0) is 61.7 Å². The molecule has 0 spiro atoms. The average molecular weight is 414 g/mol. The molecule has 31 heavy (non-hydrogen) atoms. The largest absolute Gasteiger partial charge is 0.485 e. The van der Waals surface area contributed by atoms with E-state index in [1.807, 2.05) is 24.3 Å². The molecule has 2 heterocycles. The molecule has 0 radical (unpaired) electrons. The lowest BCUT2D eigenvalue weighted by Gasteiger charge is -2.37. The monoisotopic (exact) mass is 413 g/mol. The maximum absolute atomic E-state index is 9.20. The van der Waals surface area contributed by atoms with Crippen molar-refractivity contribution in [2.24, 2.45) is 0 Å². The van der Waals surface area contributed by atoms with Crippen molar-refractivity contribution in [3.05, 3.63) is 83.4 Å². The van der Waals surface area contributed by atoms with Gasteiger partial charge in [-0.1, -0.05) is 42.5 Å². The summed E-state index contributed by atoms with van der Waals surface area (Å²) in [5.74, 6) is 1.46. The van der Waals surface area contributed by atoms with Crippen molar-refractivity contribution in [2.75, 3.05) is 12.1 Å². The Morgan fingerprint density at radius 2 is 1.84 bits per heavy atom. The van der Waals surface area contributed by atoms with Gasteiger partial charge < -0.3 is 19.9 Å². The number of rotatable bonds is 4. The molecule has 158 valence electrons. The fourth-order valence-electron chi connectivity index (χ4n) is 4.89. The van der Waals surface area contributed by atoms with Gasteiger partial charge >= 0.3 is 0 Å². The second-order valence-corrected chi connectivity index (χ2v) is 8.85. The molecule has 5 rings (SSSR count). The minimum absolute atomic E-state index is 0.101. The van der Waals surface area contributed by atoms with E-state index in [0.717, 1.165) is 29.0 Å². The van der Waals surface area contributed by atoms with E-state index in [0.29, 0.717) is 5.75 Å². The number of aliphatic hydroxyl groups is 1. The van der Waals surface area contributed by atoms with Crippen molar-refractivity contribution in [1.82, 2.24) is 0 Å². The topological polar surface area (TPSA) is 50.7 Å². The van der Waals surface area contributed by atoms with Gasteiger partial charge in [0.1, 0.15) is 17.6 Å². The van der Waals surface area contributed by atoms with Gasteiger partial charge in [0.05, 0.1) is 5.54 Å². The van der Waals surface area contributed by atoms with E-state index in [-0.39, 0.29) is 18.4 Å². The molecule has 0 bridgehead atoms. The van der Waals surface area contributed by atoms with Crippen molar-refractivity contribution in [3.63, 3.8) is 0 Å². The quantitative estimate of drug-likeness (QED) is 0.518. The SMILES string of the molecule is CC1=CC(C)(C)Nc2ccc3c(c21)C(Cc1ccccc1)Oc1ccc(OCO)cc1-3. The molecule has 4 heteroatoms. The third-order valence-corrected chi connectivity index (χ3v) is 6.00. The van der Waals surface area contributed by atoms with E-state index in [1.54, 1.807) is 0 Å². The highest BCUT2D eigenvalue weighted by atomic mass is 16.6. The van der Waals surface area contributed by atoms with Crippen molar-refractivity contribution in [1.29, 1.82) is 0 Å². The molecule has 2 aliphatic rings. The Balaban J connectivity index is 1.70. The van der Waals surface area contributed by atoms with E-state index in [2.05, 4.69) is 68.6 Å². The van der Waals surface area contributed by atoms with Crippen molar-refractivity contribution < 1.29 is 14.6 Å². The number of hydrogen-bond donors (Lipinski definition) is 2. The molecule has 2 N–H and O–H groups in total. The van der Waals surface area contributed by atoms with Crippen LogP contribution in [0.5, 0.6) is 11.5 Å². The summed E-state index contributed by atoms with van der Waals surface area (Å²) in [7, 11) is 0. The standard InChI is InChI=1S/C27H27NO3/c1-17-15-27(2,3)28-22-11-10-20-21-14-19(30-16-29)9-12-23(21)31-24(26(20)25(17)22)13-18-7-5-4-6-8-18/h4-12,14-15,24,28-29H,13,16H2,1-3H3. The minimum atomic E-state index is -0.353. The van der Waals surface area contributed by atoms with Crippen LogP contribution in [0.2, 0.25) is 0 Å². The van der Waals surface area contributed by atoms with E-state index in [9.17, 15) is 5.11 Å². The molecule has 0 saturated carbocycles. The molecule has 0 aromatic heterocycles. The van der Waals surface area contributed by atoms with Crippen LogP contribution in [0.15, 0.2) is 66.7 Å². The van der Waals surface area contributed by atoms with Crippen LogP contribution in [0.3, 0.4) is 0 Å². The van der Waals surface area contributed by atoms with Crippen LogP contribution in [0.1, 0.15) is 43.6 Å². The number of aliphatic hydroxyl groups excluding tert-OH is 1. The lowest BCUT2D eigenvalue weighted by molar-refractivity contribution is 0.0984. The summed E-state index contributed by atoms with van der Waals surface area (Å²) in [6.45, 7) is 6.20. The Kier molecular flexibility index (Phi) is 4.75. The van der Waals surface area contributed by atoms with Gasteiger partial charge in [-0.3, -0.25) is 0 Å². The van der Waals surface area contributed by atoms with Crippen LogP contribution in [-0.4, -0.2) is 17.4 Å². The van der Waals surface area contributed by atoms with Crippen molar-refractivity contribution >= 4 is 11.3 Å². The highest BCUT2D eigenvalue weighted by molar-refractivity contribution is 5.90. The van der Waals surface area contributed by atoms with Crippen LogP contribution in [0.25, 0.3) is 16.7 Å². The third kappa shape index (κ3) is 3.57. The molecular formula is C27H27NO3. The third-order valence-electron chi connectivity index (χ3n) is 6.00. The van der Waals surface area contributed by atoms with Crippen LogP contribution in [0, 0.1) is 0 Å². The van der Waals surface area contributed by atoms with Gasteiger partial charge in [-0.25, -0.2) is 0 Å². The predicted molar refractivity (Wildman–Crippen MR) is 124 cm³/mol. The lowest BCUT2D eigenvalue weighted by atomic mass is 9.81. The Labute approximate surface area is 183 Å². The van der Waals surface area contributed by atoms with E-state index < -0.39 is 0 Å². The first-order valence-electron chi connectivity index (χ1n) is 10.7. The van der Waals surface area contributed by atoms with Gasteiger partial charge in [0.25, 0.3) is 0 Å². The first-order valence-corrected chi connectivity index (χ1v) is 10.7. The molecule has 1 unspecified atom stereocenters. The molecule has 0 saturated heterocycles. The van der Waals surface area contributed by atoms with Gasteiger partial charge in [0, 0.05) is 28.8 Å². The fraction of sp³-hybridized carbons (Fsp3) is 0.259. The zero-order valence-electron chi connectivity index (χ0n) is 18.1. The van der Waals surface area contributed by atoms with Crippen LogP contribution >= 0.6 is 0 Å². The Hall–Kier alpha value is -3.24. The van der Waals surface area contributed by atoms with Crippen LogP contribution in [0.4, 0.5) is 5.69 Å².